The largest absolute Gasteiger partial charge is 0.451 e. The molecule has 0 saturated heterocycles. The Morgan fingerprint density at radius 2 is 1.95 bits per heavy atom. The van der Waals surface area contributed by atoms with Crippen molar-refractivity contribution in [2.45, 2.75) is 20.8 Å². The molecule has 6 heteroatoms. The maximum atomic E-state index is 12.0. The Labute approximate surface area is 126 Å². The van der Waals surface area contributed by atoms with Gasteiger partial charge < -0.3 is 4.42 Å². The lowest BCUT2D eigenvalue weighted by molar-refractivity contribution is -0.123. The molecule has 0 unspecified atom stereocenters. The molecule has 108 valence electrons. The van der Waals surface area contributed by atoms with Crippen LogP contribution in [0.4, 0.5) is 5.95 Å². The van der Waals surface area contributed by atoms with E-state index in [4.69, 9.17) is 16.0 Å². The zero-order chi connectivity index (χ0) is 15.2. The highest BCUT2D eigenvalue weighted by atomic mass is 35.5. The summed E-state index contributed by atoms with van der Waals surface area (Å²) in [5.74, 6) is 0.00435. The van der Waals surface area contributed by atoms with Crippen molar-refractivity contribution in [3.8, 4) is 0 Å². The van der Waals surface area contributed by atoms with Crippen molar-refractivity contribution in [2.24, 2.45) is 5.41 Å². The zero-order valence-corrected chi connectivity index (χ0v) is 12.7. The van der Waals surface area contributed by atoms with Crippen LogP contribution in [-0.2, 0) is 4.79 Å². The molecule has 1 N–H and O–H groups in total. The third-order valence-corrected chi connectivity index (χ3v) is 3.34. The highest BCUT2D eigenvalue weighted by Gasteiger charge is 2.23. The van der Waals surface area contributed by atoms with Crippen molar-refractivity contribution < 1.29 is 9.21 Å². The molecule has 0 fully saturated rings. The predicted octanol–water partition coefficient (Wildman–Crippen LogP) is 4.01. The first kappa shape index (κ1) is 13.8. The van der Waals surface area contributed by atoms with Crippen LogP contribution in [0.15, 0.2) is 28.7 Å². The minimum Gasteiger partial charge on any atom is -0.451 e. The van der Waals surface area contributed by atoms with Crippen LogP contribution in [0, 0.1) is 5.41 Å². The molecule has 1 aromatic carbocycles. The van der Waals surface area contributed by atoms with Crippen LogP contribution >= 0.6 is 11.6 Å². The van der Waals surface area contributed by atoms with Crippen LogP contribution < -0.4 is 5.32 Å². The summed E-state index contributed by atoms with van der Waals surface area (Å²) in [6, 6.07) is 7.48. The normalized spacial score (nSPS) is 12.0. The first-order chi connectivity index (χ1) is 9.86. The van der Waals surface area contributed by atoms with E-state index in [0.29, 0.717) is 16.7 Å². The number of fused-ring (bicyclic) bond motifs is 3. The van der Waals surface area contributed by atoms with Gasteiger partial charge in [-0.1, -0.05) is 44.5 Å². The van der Waals surface area contributed by atoms with Crippen LogP contribution in [0.5, 0.6) is 0 Å². The maximum Gasteiger partial charge on any atom is 0.232 e. The Bertz CT molecular complexity index is 849. The van der Waals surface area contributed by atoms with Crippen LogP contribution in [0.25, 0.3) is 22.1 Å². The lowest BCUT2D eigenvalue weighted by atomic mass is 9.96. The van der Waals surface area contributed by atoms with Gasteiger partial charge in [0.25, 0.3) is 0 Å². The number of nitrogens with one attached hydrogen (secondary N) is 1. The van der Waals surface area contributed by atoms with Gasteiger partial charge in [0.1, 0.15) is 11.1 Å². The van der Waals surface area contributed by atoms with Gasteiger partial charge in [-0.2, -0.15) is 4.98 Å². The molecule has 0 bridgehead atoms. The van der Waals surface area contributed by atoms with Gasteiger partial charge in [0.05, 0.1) is 0 Å². The summed E-state index contributed by atoms with van der Waals surface area (Å²) in [5.41, 5.74) is 1.16. The van der Waals surface area contributed by atoms with E-state index < -0.39 is 5.41 Å². The fourth-order valence-corrected chi connectivity index (χ4v) is 2.11. The lowest BCUT2D eigenvalue weighted by Crippen LogP contribution is -2.28. The molecule has 0 saturated carbocycles. The Balaban J connectivity index is 2.14. The number of hydrogen-bond acceptors (Lipinski definition) is 4. The minimum atomic E-state index is -0.538. The molecule has 1 amide bonds. The Morgan fingerprint density at radius 1 is 1.24 bits per heavy atom. The first-order valence-corrected chi connectivity index (χ1v) is 6.90. The quantitative estimate of drug-likeness (QED) is 0.690. The summed E-state index contributed by atoms with van der Waals surface area (Å²) in [5, 5.41) is 3.70. The Kier molecular flexibility index (Phi) is 3.10. The molecule has 3 aromatic rings. The van der Waals surface area contributed by atoms with E-state index in [1.807, 2.05) is 45.0 Å². The van der Waals surface area contributed by atoms with Gasteiger partial charge in [0.15, 0.2) is 10.7 Å². The van der Waals surface area contributed by atoms with E-state index in [0.717, 1.165) is 5.39 Å². The third-order valence-electron chi connectivity index (χ3n) is 3.08. The number of furan rings is 1. The standard InChI is InChI=1S/C15H14ClN3O2/c1-15(2,3)13(20)19-14-17-10-8-6-4-5-7-9(8)21-11(10)12(16)18-14/h4-7H,1-3H3,(H,17,18,19,20). The van der Waals surface area contributed by atoms with Crippen LogP contribution in [-0.4, -0.2) is 15.9 Å². The number of amides is 1. The molecule has 0 radical (unpaired) electrons. The van der Waals surface area contributed by atoms with E-state index in [1.165, 1.54) is 0 Å². The van der Waals surface area contributed by atoms with Gasteiger partial charge in [-0.05, 0) is 12.1 Å². The number of hydrogen-bond donors (Lipinski definition) is 1. The fraction of sp³-hybridized carbons (Fsp3) is 0.267. The lowest BCUT2D eigenvalue weighted by Gasteiger charge is -2.16. The van der Waals surface area contributed by atoms with Crippen molar-refractivity contribution in [3.63, 3.8) is 0 Å². The topological polar surface area (TPSA) is 68.0 Å². The summed E-state index contributed by atoms with van der Waals surface area (Å²) in [6.45, 7) is 5.45. The molecule has 3 rings (SSSR count). The van der Waals surface area contributed by atoms with Gasteiger partial charge in [-0.15, -0.1) is 0 Å². The molecule has 5 nitrogen and oxygen atoms in total. The van der Waals surface area contributed by atoms with E-state index in [-0.39, 0.29) is 17.0 Å². The van der Waals surface area contributed by atoms with Crippen molar-refractivity contribution >= 4 is 45.5 Å². The van der Waals surface area contributed by atoms with E-state index in [1.54, 1.807) is 0 Å². The average Bonchev–Trinajstić information content (AvgIpc) is 2.77. The molecule has 0 aliphatic heterocycles. The van der Waals surface area contributed by atoms with Gasteiger partial charge in [0, 0.05) is 10.8 Å². The summed E-state index contributed by atoms with van der Waals surface area (Å²) in [6.07, 6.45) is 0. The molecular formula is C15H14ClN3O2. The number of carbonyl (C=O) groups is 1. The molecule has 0 atom stereocenters. The number of rotatable bonds is 1. The van der Waals surface area contributed by atoms with Gasteiger partial charge in [-0.3, -0.25) is 10.1 Å². The number of para-hydroxylation sites is 1. The highest BCUT2D eigenvalue weighted by molar-refractivity contribution is 6.34. The maximum absolute atomic E-state index is 12.0. The number of anilines is 1. The fourth-order valence-electron chi connectivity index (χ4n) is 1.90. The average molecular weight is 304 g/mol. The van der Waals surface area contributed by atoms with Gasteiger partial charge >= 0.3 is 0 Å². The summed E-state index contributed by atoms with van der Waals surface area (Å²) in [4.78, 5) is 20.5. The zero-order valence-electron chi connectivity index (χ0n) is 11.9. The van der Waals surface area contributed by atoms with E-state index in [2.05, 4.69) is 15.3 Å². The second kappa shape index (κ2) is 4.70. The van der Waals surface area contributed by atoms with Crippen LogP contribution in [0.1, 0.15) is 20.8 Å². The molecule has 0 spiro atoms. The molecule has 2 heterocycles. The number of benzene rings is 1. The van der Waals surface area contributed by atoms with Crippen molar-refractivity contribution in [1.82, 2.24) is 9.97 Å². The summed E-state index contributed by atoms with van der Waals surface area (Å²) < 4.78 is 5.64. The van der Waals surface area contributed by atoms with Crippen LogP contribution in [0.2, 0.25) is 5.15 Å². The van der Waals surface area contributed by atoms with Crippen molar-refractivity contribution in [1.29, 1.82) is 0 Å². The molecule has 2 aromatic heterocycles. The number of aromatic nitrogens is 2. The smallest absolute Gasteiger partial charge is 0.232 e. The predicted molar refractivity (Wildman–Crippen MR) is 82.4 cm³/mol. The number of carbonyl (C=O) groups excluding carboxylic acids is 1. The monoisotopic (exact) mass is 303 g/mol. The summed E-state index contributed by atoms with van der Waals surface area (Å²) in [7, 11) is 0. The Morgan fingerprint density at radius 3 is 2.67 bits per heavy atom. The second-order valence-electron chi connectivity index (χ2n) is 5.82. The first-order valence-electron chi connectivity index (χ1n) is 6.52. The van der Waals surface area contributed by atoms with E-state index >= 15 is 0 Å². The molecular weight excluding hydrogens is 290 g/mol. The number of nitrogens with zero attached hydrogens (tertiary/aromatic N) is 2. The SMILES string of the molecule is CC(C)(C)C(=O)Nc1nc(Cl)c2oc3ccccc3c2n1. The molecule has 0 aliphatic carbocycles. The number of halogens is 1. The minimum absolute atomic E-state index is 0.175. The molecule has 21 heavy (non-hydrogen) atoms. The second-order valence-corrected chi connectivity index (χ2v) is 6.18. The van der Waals surface area contributed by atoms with Crippen molar-refractivity contribution in [3.05, 3.63) is 29.4 Å². The Hall–Kier alpha value is -2.14. The van der Waals surface area contributed by atoms with Crippen LogP contribution in [0.3, 0.4) is 0 Å². The van der Waals surface area contributed by atoms with Gasteiger partial charge in [0.2, 0.25) is 11.9 Å². The third kappa shape index (κ3) is 2.45. The highest BCUT2D eigenvalue weighted by Crippen LogP contribution is 2.31. The van der Waals surface area contributed by atoms with E-state index in [9.17, 15) is 4.79 Å². The van der Waals surface area contributed by atoms with Gasteiger partial charge in [-0.25, -0.2) is 4.98 Å². The summed E-state index contributed by atoms with van der Waals surface area (Å²) >= 11 is 6.14. The van der Waals surface area contributed by atoms with Crippen molar-refractivity contribution in [2.75, 3.05) is 5.32 Å². The molecule has 0 aliphatic rings.